The summed E-state index contributed by atoms with van der Waals surface area (Å²) in [6.45, 7) is 1.70. The highest BCUT2D eigenvalue weighted by Gasteiger charge is 2.22. The molecule has 1 fully saturated rings. The van der Waals surface area contributed by atoms with Crippen molar-refractivity contribution < 1.29 is 4.79 Å². The van der Waals surface area contributed by atoms with Crippen molar-refractivity contribution in [3.05, 3.63) is 42.9 Å². The normalized spacial score (nSPS) is 15.7. The number of hydrogen-bond donors (Lipinski definition) is 1. The van der Waals surface area contributed by atoms with Crippen LogP contribution in [0, 0.1) is 0 Å². The topological polar surface area (TPSA) is 83.9 Å². The lowest BCUT2D eigenvalue weighted by Crippen LogP contribution is -2.45. The molecule has 2 aromatic rings. The SMILES string of the molecule is O=C(NC1CCN(c2cnccn2)CC1)c1cnccn1. The first-order valence-electron chi connectivity index (χ1n) is 6.91. The highest BCUT2D eigenvalue weighted by Crippen LogP contribution is 2.16. The molecule has 2 aromatic heterocycles. The predicted molar refractivity (Wildman–Crippen MR) is 76.8 cm³/mol. The van der Waals surface area contributed by atoms with Crippen molar-refractivity contribution >= 4 is 11.7 Å². The number of aromatic nitrogens is 4. The van der Waals surface area contributed by atoms with E-state index in [1.807, 2.05) is 0 Å². The van der Waals surface area contributed by atoms with Crippen molar-refractivity contribution in [1.29, 1.82) is 0 Å². The second-order valence-corrected chi connectivity index (χ2v) is 4.89. The predicted octanol–water partition coefficient (Wildman–Crippen LogP) is 0.665. The standard InChI is InChI=1S/C14H16N6O/c21-14(12-9-15-3-5-17-12)19-11-1-7-20(8-2-11)13-10-16-4-6-18-13/h3-6,9-11H,1-2,7-8H2,(H,19,21). The molecule has 3 heterocycles. The summed E-state index contributed by atoms with van der Waals surface area (Å²) in [6, 6.07) is 0.160. The van der Waals surface area contributed by atoms with Gasteiger partial charge in [0.25, 0.3) is 5.91 Å². The Morgan fingerprint density at radius 3 is 2.38 bits per heavy atom. The molecule has 1 N–H and O–H groups in total. The number of piperidine rings is 1. The van der Waals surface area contributed by atoms with E-state index in [-0.39, 0.29) is 11.9 Å². The number of amides is 1. The molecule has 1 saturated heterocycles. The van der Waals surface area contributed by atoms with Crippen LogP contribution in [-0.2, 0) is 0 Å². The molecule has 108 valence electrons. The molecule has 21 heavy (non-hydrogen) atoms. The van der Waals surface area contributed by atoms with Crippen LogP contribution in [-0.4, -0.2) is 45.0 Å². The molecule has 7 nitrogen and oxygen atoms in total. The van der Waals surface area contributed by atoms with Crippen molar-refractivity contribution in [2.24, 2.45) is 0 Å². The van der Waals surface area contributed by atoms with Crippen LogP contribution in [0.4, 0.5) is 5.82 Å². The van der Waals surface area contributed by atoms with Gasteiger partial charge in [0.2, 0.25) is 0 Å². The van der Waals surface area contributed by atoms with Crippen LogP contribution in [0.3, 0.4) is 0 Å². The lowest BCUT2D eigenvalue weighted by Gasteiger charge is -2.32. The maximum atomic E-state index is 12.0. The lowest BCUT2D eigenvalue weighted by atomic mass is 10.0. The molecule has 0 unspecified atom stereocenters. The van der Waals surface area contributed by atoms with Gasteiger partial charge in [-0.3, -0.25) is 14.8 Å². The van der Waals surface area contributed by atoms with E-state index in [2.05, 4.69) is 30.2 Å². The van der Waals surface area contributed by atoms with Crippen molar-refractivity contribution in [1.82, 2.24) is 25.3 Å². The third-order valence-corrected chi connectivity index (χ3v) is 3.50. The van der Waals surface area contributed by atoms with E-state index < -0.39 is 0 Å². The Hall–Kier alpha value is -2.57. The molecule has 0 aromatic carbocycles. The van der Waals surface area contributed by atoms with Gasteiger partial charge in [0.1, 0.15) is 11.5 Å². The Morgan fingerprint density at radius 1 is 1.05 bits per heavy atom. The summed E-state index contributed by atoms with van der Waals surface area (Å²) in [5.41, 5.74) is 0.355. The van der Waals surface area contributed by atoms with Gasteiger partial charge in [0, 0.05) is 43.9 Å². The minimum atomic E-state index is -0.166. The Balaban J connectivity index is 1.53. The van der Waals surface area contributed by atoms with E-state index in [4.69, 9.17) is 0 Å². The zero-order chi connectivity index (χ0) is 14.5. The molecule has 0 radical (unpaired) electrons. The number of rotatable bonds is 3. The number of carbonyl (C=O) groups excluding carboxylic acids is 1. The van der Waals surface area contributed by atoms with Crippen molar-refractivity contribution in [3.8, 4) is 0 Å². The molecular formula is C14H16N6O. The van der Waals surface area contributed by atoms with Gasteiger partial charge >= 0.3 is 0 Å². The third-order valence-electron chi connectivity index (χ3n) is 3.50. The number of nitrogens with one attached hydrogen (secondary N) is 1. The maximum absolute atomic E-state index is 12.0. The summed E-state index contributed by atoms with van der Waals surface area (Å²) in [6.07, 6.45) is 11.4. The minimum Gasteiger partial charge on any atom is -0.355 e. The van der Waals surface area contributed by atoms with Crippen LogP contribution in [0.25, 0.3) is 0 Å². The van der Waals surface area contributed by atoms with E-state index in [1.165, 1.54) is 12.4 Å². The van der Waals surface area contributed by atoms with Gasteiger partial charge in [-0.2, -0.15) is 0 Å². The monoisotopic (exact) mass is 284 g/mol. The molecule has 3 rings (SSSR count). The summed E-state index contributed by atoms with van der Waals surface area (Å²) in [5.74, 6) is 0.720. The maximum Gasteiger partial charge on any atom is 0.271 e. The summed E-state index contributed by atoms with van der Waals surface area (Å²) < 4.78 is 0. The fraction of sp³-hybridized carbons (Fsp3) is 0.357. The molecule has 0 atom stereocenters. The minimum absolute atomic E-state index is 0.160. The van der Waals surface area contributed by atoms with Crippen LogP contribution >= 0.6 is 0 Å². The number of anilines is 1. The first-order chi connectivity index (χ1) is 10.3. The summed E-state index contributed by atoms with van der Waals surface area (Å²) in [4.78, 5) is 30.5. The largest absolute Gasteiger partial charge is 0.355 e. The summed E-state index contributed by atoms with van der Waals surface area (Å²) >= 11 is 0. The van der Waals surface area contributed by atoms with Crippen molar-refractivity contribution in [3.63, 3.8) is 0 Å². The van der Waals surface area contributed by atoms with Crippen LogP contribution in [0.5, 0.6) is 0 Å². The molecule has 1 aliphatic heterocycles. The fourth-order valence-electron chi connectivity index (χ4n) is 2.38. The van der Waals surface area contributed by atoms with Crippen molar-refractivity contribution in [2.45, 2.75) is 18.9 Å². The molecule has 0 bridgehead atoms. The van der Waals surface area contributed by atoms with Crippen LogP contribution < -0.4 is 10.2 Å². The third kappa shape index (κ3) is 3.31. The molecule has 0 spiro atoms. The Bertz CT molecular complexity index is 583. The molecule has 0 aliphatic carbocycles. The van der Waals surface area contributed by atoms with E-state index in [0.717, 1.165) is 31.7 Å². The Kier molecular flexibility index (Phi) is 3.99. The van der Waals surface area contributed by atoms with E-state index in [1.54, 1.807) is 24.8 Å². The first kappa shape index (κ1) is 13.4. The van der Waals surface area contributed by atoms with E-state index in [9.17, 15) is 4.79 Å². The zero-order valence-electron chi connectivity index (χ0n) is 11.5. The lowest BCUT2D eigenvalue weighted by molar-refractivity contribution is 0.0925. The fourth-order valence-corrected chi connectivity index (χ4v) is 2.38. The first-order valence-corrected chi connectivity index (χ1v) is 6.91. The highest BCUT2D eigenvalue weighted by molar-refractivity contribution is 5.92. The quantitative estimate of drug-likeness (QED) is 0.891. The van der Waals surface area contributed by atoms with Gasteiger partial charge in [-0.15, -0.1) is 0 Å². The van der Waals surface area contributed by atoms with Gasteiger partial charge in [-0.25, -0.2) is 9.97 Å². The van der Waals surface area contributed by atoms with E-state index >= 15 is 0 Å². The molecule has 1 aliphatic rings. The van der Waals surface area contributed by atoms with Crippen LogP contribution in [0.1, 0.15) is 23.3 Å². The molecule has 0 saturated carbocycles. The van der Waals surface area contributed by atoms with Gasteiger partial charge in [-0.05, 0) is 12.8 Å². The van der Waals surface area contributed by atoms with E-state index in [0.29, 0.717) is 5.69 Å². The van der Waals surface area contributed by atoms with Gasteiger partial charge < -0.3 is 10.2 Å². The second-order valence-electron chi connectivity index (χ2n) is 4.89. The molecule has 1 amide bonds. The highest BCUT2D eigenvalue weighted by atomic mass is 16.1. The van der Waals surface area contributed by atoms with Crippen LogP contribution in [0.2, 0.25) is 0 Å². The Morgan fingerprint density at radius 2 is 1.76 bits per heavy atom. The van der Waals surface area contributed by atoms with Crippen molar-refractivity contribution in [2.75, 3.05) is 18.0 Å². The summed E-state index contributed by atoms with van der Waals surface area (Å²) in [5, 5.41) is 3.00. The zero-order valence-corrected chi connectivity index (χ0v) is 11.5. The summed E-state index contributed by atoms with van der Waals surface area (Å²) in [7, 11) is 0. The van der Waals surface area contributed by atoms with Gasteiger partial charge in [0.05, 0.1) is 12.4 Å². The van der Waals surface area contributed by atoms with Crippen LogP contribution in [0.15, 0.2) is 37.2 Å². The van der Waals surface area contributed by atoms with Gasteiger partial charge in [-0.1, -0.05) is 0 Å². The number of carbonyl (C=O) groups is 1. The number of nitrogens with zero attached hydrogens (tertiary/aromatic N) is 5. The second kappa shape index (κ2) is 6.25. The Labute approximate surface area is 122 Å². The molecular weight excluding hydrogens is 268 g/mol. The smallest absolute Gasteiger partial charge is 0.271 e. The molecule has 7 heteroatoms. The number of hydrogen-bond acceptors (Lipinski definition) is 6. The average molecular weight is 284 g/mol. The van der Waals surface area contributed by atoms with Gasteiger partial charge in [0.15, 0.2) is 0 Å². The average Bonchev–Trinajstić information content (AvgIpc) is 2.57.